The summed E-state index contributed by atoms with van der Waals surface area (Å²) in [5, 5.41) is 24.9. The summed E-state index contributed by atoms with van der Waals surface area (Å²) in [5.41, 5.74) is 1.94. The third-order valence-electron chi connectivity index (χ3n) is 5.13. The summed E-state index contributed by atoms with van der Waals surface area (Å²) in [6, 6.07) is 10.6. The number of carbonyl (C=O) groups is 4. The van der Waals surface area contributed by atoms with E-state index in [0.717, 1.165) is 31.9 Å². The highest BCUT2D eigenvalue weighted by molar-refractivity contribution is 5.97. The van der Waals surface area contributed by atoms with Gasteiger partial charge < -0.3 is 31.1 Å². The van der Waals surface area contributed by atoms with Crippen LogP contribution in [0.3, 0.4) is 0 Å². The lowest BCUT2D eigenvalue weighted by molar-refractivity contribution is -0.192. The Kier molecular flexibility index (Phi) is 10.8. The molecule has 1 aromatic heterocycles. The number of benzene rings is 1. The van der Waals surface area contributed by atoms with Crippen molar-refractivity contribution < 1.29 is 42.6 Å². The second-order valence-electron chi connectivity index (χ2n) is 7.75. The Bertz CT molecular complexity index is 1080. The largest absolute Gasteiger partial charge is 0.490 e. The molecule has 3 rings (SSSR count). The van der Waals surface area contributed by atoms with E-state index in [0.29, 0.717) is 11.1 Å². The molecule has 0 aliphatic carbocycles. The van der Waals surface area contributed by atoms with Crippen LogP contribution in [0.1, 0.15) is 21.8 Å². The number of amides is 2. The van der Waals surface area contributed by atoms with Crippen LogP contribution in [0.15, 0.2) is 48.8 Å². The molecule has 1 aliphatic heterocycles. The first-order valence-electron chi connectivity index (χ1n) is 11.0. The molecule has 37 heavy (non-hydrogen) atoms. The van der Waals surface area contributed by atoms with E-state index >= 15 is 0 Å². The Morgan fingerprint density at radius 3 is 2.30 bits per heavy atom. The number of aliphatic carboxylic acids is 2. The Hall–Kier alpha value is -4.20. The molecule has 5 N–H and O–H groups in total. The summed E-state index contributed by atoms with van der Waals surface area (Å²) in [6.07, 6.45) is -2.08. The first-order valence-corrected chi connectivity index (χ1v) is 11.0. The average Bonchev–Trinajstić information content (AvgIpc) is 2.88. The molecule has 0 saturated carbocycles. The van der Waals surface area contributed by atoms with Crippen LogP contribution in [0.5, 0.6) is 0 Å². The number of piperazine rings is 1. The fraction of sp³-hybridized carbons (Fsp3) is 0.348. The van der Waals surface area contributed by atoms with Crippen molar-refractivity contribution in [3.8, 4) is 0 Å². The van der Waals surface area contributed by atoms with Crippen molar-refractivity contribution in [1.82, 2.24) is 20.9 Å². The summed E-state index contributed by atoms with van der Waals surface area (Å²) in [5.74, 6) is -5.54. The molecule has 1 aliphatic rings. The van der Waals surface area contributed by atoms with Gasteiger partial charge in [0.25, 0.3) is 5.91 Å². The van der Waals surface area contributed by atoms with Gasteiger partial charge in [0.2, 0.25) is 5.91 Å². The molecule has 1 aromatic carbocycles. The molecule has 0 unspecified atom stereocenters. The van der Waals surface area contributed by atoms with Crippen molar-refractivity contribution in [2.75, 3.05) is 44.2 Å². The van der Waals surface area contributed by atoms with Gasteiger partial charge in [-0.05, 0) is 29.8 Å². The molecule has 11 nitrogen and oxygen atoms in total. The van der Waals surface area contributed by atoms with Crippen LogP contribution in [-0.2, 0) is 14.4 Å². The standard InChI is InChI=1S/C21H25N5O4.C2HF3O2/c27-19(24-13-18(21(29)30)16-4-2-6-23-12-16)14-25-20(28)15-3-1-5-17(11-15)26-9-7-22-8-10-26;3-2(4,5)1(6)7/h1-6,11-12,18,22H,7-10,13-14H2,(H,24,27)(H,25,28)(H,29,30);(H,6,7)/t18-;/m1./s1. The third kappa shape index (κ3) is 9.76. The van der Waals surface area contributed by atoms with E-state index in [4.69, 9.17) is 9.90 Å². The van der Waals surface area contributed by atoms with E-state index in [-0.39, 0.29) is 19.0 Å². The lowest BCUT2D eigenvalue weighted by atomic mass is 10.0. The topological polar surface area (TPSA) is 161 Å². The van der Waals surface area contributed by atoms with E-state index in [1.165, 1.54) is 6.20 Å². The van der Waals surface area contributed by atoms with Crippen LogP contribution in [0.2, 0.25) is 0 Å². The van der Waals surface area contributed by atoms with Gasteiger partial charge in [-0.3, -0.25) is 19.4 Å². The highest BCUT2D eigenvalue weighted by Crippen LogP contribution is 2.17. The van der Waals surface area contributed by atoms with Crippen LogP contribution >= 0.6 is 0 Å². The second-order valence-corrected chi connectivity index (χ2v) is 7.75. The molecule has 2 heterocycles. The normalized spacial score (nSPS) is 14.0. The van der Waals surface area contributed by atoms with Gasteiger partial charge in [0.1, 0.15) is 5.92 Å². The molecular formula is C23H26F3N5O6. The zero-order valence-corrected chi connectivity index (χ0v) is 19.5. The van der Waals surface area contributed by atoms with E-state index < -0.39 is 29.9 Å². The average molecular weight is 525 g/mol. The van der Waals surface area contributed by atoms with Gasteiger partial charge in [0.05, 0.1) is 6.54 Å². The SMILES string of the molecule is O=C(CNC(=O)c1cccc(N2CCNCC2)c1)NC[C@@H](C(=O)O)c1cccnc1.O=C(O)C(F)(F)F. The summed E-state index contributed by atoms with van der Waals surface area (Å²) in [4.78, 5) is 51.0. The maximum atomic E-state index is 12.4. The zero-order chi connectivity index (χ0) is 27.4. The minimum Gasteiger partial charge on any atom is -0.481 e. The monoisotopic (exact) mass is 525 g/mol. The molecule has 1 saturated heterocycles. The van der Waals surface area contributed by atoms with E-state index in [9.17, 15) is 32.7 Å². The number of carboxylic acids is 2. The quantitative estimate of drug-likeness (QED) is 0.336. The minimum absolute atomic E-state index is 0.0891. The molecule has 0 bridgehead atoms. The molecule has 200 valence electrons. The van der Waals surface area contributed by atoms with Crippen molar-refractivity contribution in [2.24, 2.45) is 0 Å². The van der Waals surface area contributed by atoms with Crippen molar-refractivity contribution in [2.45, 2.75) is 12.1 Å². The van der Waals surface area contributed by atoms with E-state index in [1.54, 1.807) is 30.5 Å². The number of rotatable bonds is 8. The smallest absolute Gasteiger partial charge is 0.481 e. The Morgan fingerprint density at radius 1 is 1.05 bits per heavy atom. The van der Waals surface area contributed by atoms with Gasteiger partial charge in [-0.1, -0.05) is 12.1 Å². The number of carbonyl (C=O) groups excluding carboxylic acids is 2. The van der Waals surface area contributed by atoms with Crippen molar-refractivity contribution in [3.05, 3.63) is 59.9 Å². The Morgan fingerprint density at radius 2 is 1.73 bits per heavy atom. The van der Waals surface area contributed by atoms with Crippen LogP contribution in [-0.4, -0.2) is 84.4 Å². The Labute approximate surface area is 209 Å². The van der Waals surface area contributed by atoms with Crippen LogP contribution in [0, 0.1) is 0 Å². The molecule has 14 heteroatoms. The predicted molar refractivity (Wildman–Crippen MR) is 125 cm³/mol. The first kappa shape index (κ1) is 29.0. The molecule has 1 atom stereocenters. The molecule has 1 fully saturated rings. The van der Waals surface area contributed by atoms with Gasteiger partial charge >= 0.3 is 18.1 Å². The Balaban J connectivity index is 0.000000604. The number of aromatic nitrogens is 1. The summed E-state index contributed by atoms with van der Waals surface area (Å²) >= 11 is 0. The predicted octanol–water partition coefficient (Wildman–Crippen LogP) is 0.839. The molecule has 2 amide bonds. The molecule has 2 aromatic rings. The number of carboxylic acid groups (broad SMARTS) is 2. The lowest BCUT2D eigenvalue weighted by Gasteiger charge is -2.29. The summed E-state index contributed by atoms with van der Waals surface area (Å²) in [6.45, 7) is 3.20. The highest BCUT2D eigenvalue weighted by atomic mass is 19.4. The number of halogens is 3. The molecule has 0 radical (unpaired) electrons. The number of nitrogens with zero attached hydrogens (tertiary/aromatic N) is 2. The molecular weight excluding hydrogens is 499 g/mol. The number of anilines is 1. The van der Waals surface area contributed by atoms with Crippen LogP contribution in [0.25, 0.3) is 0 Å². The maximum Gasteiger partial charge on any atom is 0.490 e. The fourth-order valence-electron chi connectivity index (χ4n) is 3.24. The van der Waals surface area contributed by atoms with Crippen LogP contribution in [0.4, 0.5) is 18.9 Å². The number of hydrogen-bond acceptors (Lipinski definition) is 7. The van der Waals surface area contributed by atoms with Crippen LogP contribution < -0.4 is 20.9 Å². The number of pyridine rings is 1. The number of nitrogens with one attached hydrogen (secondary N) is 3. The van der Waals surface area contributed by atoms with Crippen molar-refractivity contribution >= 4 is 29.4 Å². The van der Waals surface area contributed by atoms with E-state index in [1.807, 2.05) is 12.1 Å². The van der Waals surface area contributed by atoms with Crippen molar-refractivity contribution in [3.63, 3.8) is 0 Å². The van der Waals surface area contributed by atoms with E-state index in [2.05, 4.69) is 25.8 Å². The maximum absolute atomic E-state index is 12.4. The first-order chi connectivity index (χ1) is 17.5. The number of hydrogen-bond donors (Lipinski definition) is 5. The van der Waals surface area contributed by atoms with Gasteiger partial charge in [-0.25, -0.2) is 4.79 Å². The van der Waals surface area contributed by atoms with Gasteiger partial charge in [0.15, 0.2) is 0 Å². The zero-order valence-electron chi connectivity index (χ0n) is 19.5. The number of alkyl halides is 3. The third-order valence-corrected chi connectivity index (χ3v) is 5.13. The lowest BCUT2D eigenvalue weighted by Crippen LogP contribution is -2.43. The highest BCUT2D eigenvalue weighted by Gasteiger charge is 2.38. The van der Waals surface area contributed by atoms with Crippen molar-refractivity contribution in [1.29, 1.82) is 0 Å². The fourth-order valence-corrected chi connectivity index (χ4v) is 3.24. The second kappa shape index (κ2) is 13.8. The summed E-state index contributed by atoms with van der Waals surface area (Å²) < 4.78 is 31.7. The molecule has 0 spiro atoms. The van der Waals surface area contributed by atoms with Gasteiger partial charge in [-0.2, -0.15) is 13.2 Å². The minimum atomic E-state index is -5.08. The summed E-state index contributed by atoms with van der Waals surface area (Å²) in [7, 11) is 0. The van der Waals surface area contributed by atoms with Gasteiger partial charge in [-0.15, -0.1) is 0 Å². The van der Waals surface area contributed by atoms with Gasteiger partial charge in [0, 0.05) is 56.4 Å².